The van der Waals surface area contributed by atoms with Crippen LogP contribution in [0.15, 0.2) is 41.4 Å². The normalized spacial score (nSPS) is 20.5. The van der Waals surface area contributed by atoms with Gasteiger partial charge in [-0.15, -0.1) is 11.3 Å². The molecule has 0 saturated carbocycles. The Morgan fingerprint density at radius 3 is 2.54 bits per heavy atom. The van der Waals surface area contributed by atoms with Crippen LogP contribution < -0.4 is 4.90 Å². The van der Waals surface area contributed by atoms with Crippen LogP contribution in [0.2, 0.25) is 10.0 Å². The second-order valence-electron chi connectivity index (χ2n) is 6.91. The van der Waals surface area contributed by atoms with Gasteiger partial charge in [0.2, 0.25) is 0 Å². The molecule has 0 aliphatic carbocycles. The topological polar surface area (TPSA) is 60.9 Å². The Kier molecular flexibility index (Phi) is 5.47. The van der Waals surface area contributed by atoms with E-state index in [1.165, 1.54) is 11.3 Å². The number of halogens is 2. The van der Waals surface area contributed by atoms with E-state index < -0.39 is 0 Å². The molecule has 1 saturated heterocycles. The molecule has 3 heterocycles. The van der Waals surface area contributed by atoms with Crippen molar-refractivity contribution in [3.05, 3.63) is 56.3 Å². The van der Waals surface area contributed by atoms with E-state index in [-0.39, 0.29) is 24.3 Å². The molecule has 5 nitrogen and oxygen atoms in total. The Labute approximate surface area is 176 Å². The minimum atomic E-state index is -0.384. The van der Waals surface area contributed by atoms with Gasteiger partial charge in [0.15, 0.2) is 0 Å². The molecule has 28 heavy (non-hydrogen) atoms. The number of piperidine rings is 1. The van der Waals surface area contributed by atoms with Crippen LogP contribution in [0, 0.1) is 5.92 Å². The highest BCUT2D eigenvalue weighted by Crippen LogP contribution is 2.39. The number of carbonyl (C=O) groups excluding carboxylic acids is 2. The molecule has 2 aliphatic rings. The molecule has 2 amide bonds. The van der Waals surface area contributed by atoms with Gasteiger partial charge < -0.3 is 10.0 Å². The van der Waals surface area contributed by atoms with Crippen LogP contribution >= 0.6 is 34.5 Å². The molecular weight excluding hydrogens is 419 g/mol. The van der Waals surface area contributed by atoms with E-state index in [0.29, 0.717) is 40.1 Å². The van der Waals surface area contributed by atoms with Crippen molar-refractivity contribution in [2.75, 3.05) is 24.6 Å². The maximum Gasteiger partial charge on any atom is 0.282 e. The molecule has 0 spiro atoms. The first-order valence-electron chi connectivity index (χ1n) is 8.98. The lowest BCUT2D eigenvalue weighted by atomic mass is 9.98. The maximum absolute atomic E-state index is 13.4. The van der Waals surface area contributed by atoms with Gasteiger partial charge in [0.25, 0.3) is 11.8 Å². The van der Waals surface area contributed by atoms with Crippen molar-refractivity contribution in [3.63, 3.8) is 0 Å². The van der Waals surface area contributed by atoms with Crippen molar-refractivity contribution < 1.29 is 14.7 Å². The molecule has 146 valence electrons. The van der Waals surface area contributed by atoms with Gasteiger partial charge in [-0.05, 0) is 48.4 Å². The first-order valence-corrected chi connectivity index (χ1v) is 10.6. The van der Waals surface area contributed by atoms with Crippen LogP contribution in [-0.4, -0.2) is 41.5 Å². The van der Waals surface area contributed by atoms with E-state index in [1.807, 2.05) is 22.4 Å². The zero-order chi connectivity index (χ0) is 19.8. The summed E-state index contributed by atoms with van der Waals surface area (Å²) in [5, 5.41) is 12.2. The van der Waals surface area contributed by atoms with E-state index >= 15 is 0 Å². The number of nitrogens with zero attached hydrogens (tertiary/aromatic N) is 2. The van der Waals surface area contributed by atoms with Crippen LogP contribution in [-0.2, 0) is 9.59 Å². The van der Waals surface area contributed by atoms with Crippen molar-refractivity contribution in [2.24, 2.45) is 5.92 Å². The summed E-state index contributed by atoms with van der Waals surface area (Å²) in [7, 11) is 0. The predicted molar refractivity (Wildman–Crippen MR) is 112 cm³/mol. The molecule has 1 fully saturated rings. The zero-order valence-corrected chi connectivity index (χ0v) is 17.2. The summed E-state index contributed by atoms with van der Waals surface area (Å²) >= 11 is 13.6. The van der Waals surface area contributed by atoms with Crippen LogP contribution in [0.1, 0.15) is 17.7 Å². The summed E-state index contributed by atoms with van der Waals surface area (Å²) in [6.07, 6.45) is 1.77. The molecule has 1 aromatic carbocycles. The Bertz CT molecular complexity index is 938. The zero-order valence-electron chi connectivity index (χ0n) is 14.9. The van der Waals surface area contributed by atoms with Crippen molar-refractivity contribution >= 4 is 57.6 Å². The number of hydrogen-bond acceptors (Lipinski definition) is 5. The van der Waals surface area contributed by atoms with Crippen molar-refractivity contribution in [1.82, 2.24) is 4.90 Å². The molecule has 0 radical (unpaired) electrons. The van der Waals surface area contributed by atoms with E-state index in [1.54, 1.807) is 18.2 Å². The van der Waals surface area contributed by atoms with Gasteiger partial charge in [-0.2, -0.15) is 0 Å². The fourth-order valence-electron chi connectivity index (χ4n) is 3.77. The smallest absolute Gasteiger partial charge is 0.282 e. The van der Waals surface area contributed by atoms with Crippen molar-refractivity contribution in [3.8, 4) is 0 Å². The largest absolute Gasteiger partial charge is 0.396 e. The summed E-state index contributed by atoms with van der Waals surface area (Å²) in [5.74, 6) is -0.680. The molecule has 8 heteroatoms. The van der Waals surface area contributed by atoms with Crippen LogP contribution in [0.25, 0.3) is 5.57 Å². The number of thiophene rings is 1. The number of imide groups is 1. The van der Waals surface area contributed by atoms with Crippen LogP contribution in [0.4, 0.5) is 5.69 Å². The number of aliphatic hydroxyl groups excluding tert-OH is 1. The number of carbonyl (C=O) groups is 2. The highest BCUT2D eigenvalue weighted by molar-refractivity contribution is 7.11. The number of hydrogen-bond donors (Lipinski definition) is 1. The number of benzene rings is 1. The standard InChI is InChI=1S/C20H18Cl2N2O3S/c21-13-7-14(22)9-15(8-13)24-19(26)17(16-4-2-6-28-16)18(20(24)27)23-5-1-3-12(10-23)11-25/h2,4,6-9,12,25H,1,3,5,10-11H2. The molecule has 0 bridgehead atoms. The third kappa shape index (κ3) is 3.46. The number of likely N-dealkylation sites (tertiary alicyclic amines) is 1. The quantitative estimate of drug-likeness (QED) is 0.734. The SMILES string of the molecule is O=C1C(c2cccs2)=C(N2CCCC(CO)C2)C(=O)N1c1cc(Cl)cc(Cl)c1. The average Bonchev–Trinajstić information content (AvgIpc) is 3.27. The van der Waals surface area contributed by atoms with Gasteiger partial charge >= 0.3 is 0 Å². The molecule has 1 atom stereocenters. The minimum Gasteiger partial charge on any atom is -0.396 e. The van der Waals surface area contributed by atoms with Gasteiger partial charge in [-0.3, -0.25) is 9.59 Å². The first kappa shape index (κ1) is 19.5. The van der Waals surface area contributed by atoms with Gasteiger partial charge in [0.05, 0.1) is 11.3 Å². The summed E-state index contributed by atoms with van der Waals surface area (Å²) < 4.78 is 0. The predicted octanol–water partition coefficient (Wildman–Crippen LogP) is 4.04. The monoisotopic (exact) mass is 436 g/mol. The lowest BCUT2D eigenvalue weighted by molar-refractivity contribution is -0.120. The van der Waals surface area contributed by atoms with Crippen molar-refractivity contribution in [1.29, 1.82) is 0 Å². The van der Waals surface area contributed by atoms with Gasteiger partial charge in [-0.25, -0.2) is 4.90 Å². The summed E-state index contributed by atoms with van der Waals surface area (Å²) in [6, 6.07) is 8.37. The molecule has 4 rings (SSSR count). The number of amides is 2. The van der Waals surface area contributed by atoms with E-state index in [0.717, 1.165) is 22.6 Å². The fraction of sp³-hybridized carbons (Fsp3) is 0.300. The van der Waals surface area contributed by atoms with Gasteiger partial charge in [0.1, 0.15) is 5.70 Å². The number of anilines is 1. The van der Waals surface area contributed by atoms with Crippen molar-refractivity contribution in [2.45, 2.75) is 12.8 Å². The lowest BCUT2D eigenvalue weighted by Crippen LogP contribution is -2.40. The number of aliphatic hydroxyl groups is 1. The van der Waals surface area contributed by atoms with Crippen LogP contribution in [0.5, 0.6) is 0 Å². The Balaban J connectivity index is 1.80. The van der Waals surface area contributed by atoms with E-state index in [2.05, 4.69) is 0 Å². The second-order valence-corrected chi connectivity index (χ2v) is 8.73. The Morgan fingerprint density at radius 2 is 1.89 bits per heavy atom. The van der Waals surface area contributed by atoms with Gasteiger partial charge in [-0.1, -0.05) is 29.3 Å². The van der Waals surface area contributed by atoms with Crippen LogP contribution in [0.3, 0.4) is 0 Å². The molecule has 1 N–H and O–H groups in total. The molecule has 2 aliphatic heterocycles. The molecule has 1 aromatic heterocycles. The lowest BCUT2D eigenvalue weighted by Gasteiger charge is -2.34. The molecule has 2 aromatic rings. The summed E-state index contributed by atoms with van der Waals surface area (Å²) in [5.41, 5.74) is 1.14. The first-order chi connectivity index (χ1) is 13.5. The van der Waals surface area contributed by atoms with E-state index in [9.17, 15) is 14.7 Å². The molecular formula is C20H18Cl2N2O3S. The number of rotatable bonds is 4. The second kappa shape index (κ2) is 7.87. The van der Waals surface area contributed by atoms with Gasteiger partial charge in [0, 0.05) is 34.6 Å². The Morgan fingerprint density at radius 1 is 1.14 bits per heavy atom. The molecule has 1 unspecified atom stereocenters. The summed E-state index contributed by atoms with van der Waals surface area (Å²) in [6.45, 7) is 1.28. The fourth-order valence-corrected chi connectivity index (χ4v) is 5.05. The minimum absolute atomic E-state index is 0.0634. The Hall–Kier alpha value is -1.86. The highest BCUT2D eigenvalue weighted by Gasteiger charge is 2.43. The van der Waals surface area contributed by atoms with E-state index in [4.69, 9.17) is 23.2 Å². The average molecular weight is 437 g/mol. The third-order valence-electron chi connectivity index (χ3n) is 5.03. The maximum atomic E-state index is 13.4. The third-order valence-corrected chi connectivity index (χ3v) is 6.35. The highest BCUT2D eigenvalue weighted by atomic mass is 35.5. The summed E-state index contributed by atoms with van der Waals surface area (Å²) in [4.78, 5) is 30.6.